The minimum atomic E-state index is -0.654. The third-order valence-electron chi connectivity index (χ3n) is 4.63. The van der Waals surface area contributed by atoms with Crippen molar-refractivity contribution >= 4 is 50.5 Å². The molecule has 0 aliphatic heterocycles. The fraction of sp³-hybridized carbons (Fsp3) is 0.389. The van der Waals surface area contributed by atoms with Gasteiger partial charge in [-0.15, -0.1) is 22.7 Å². The number of carbonyl (C=O) groups is 1. The first-order valence-electron chi connectivity index (χ1n) is 8.43. The van der Waals surface area contributed by atoms with Gasteiger partial charge in [0.2, 0.25) is 0 Å². The predicted octanol–water partition coefficient (Wildman–Crippen LogP) is 4.74. The van der Waals surface area contributed by atoms with Crippen molar-refractivity contribution in [2.24, 2.45) is 5.92 Å². The molecule has 1 N–H and O–H groups in total. The Kier molecular flexibility index (Phi) is 4.62. The molecule has 0 amide bonds. The molecule has 0 saturated carbocycles. The smallest absolute Gasteiger partial charge is 0.349 e. The molecule has 4 rings (SSSR count). The van der Waals surface area contributed by atoms with Gasteiger partial charge in [0.05, 0.1) is 9.72 Å². The Morgan fingerprint density at radius 1 is 1.42 bits per heavy atom. The first-order chi connectivity index (χ1) is 12.4. The largest absolute Gasteiger partial charge is 0.450 e. The Hall–Kier alpha value is -1.70. The topological polar surface area (TPSA) is 72.0 Å². The van der Waals surface area contributed by atoms with Crippen LogP contribution in [0.3, 0.4) is 0 Å². The Labute approximate surface area is 163 Å². The summed E-state index contributed by atoms with van der Waals surface area (Å²) >= 11 is 8.59. The highest BCUT2D eigenvalue weighted by Gasteiger charge is 2.24. The van der Waals surface area contributed by atoms with Crippen LogP contribution >= 0.6 is 34.3 Å². The highest BCUT2D eigenvalue weighted by molar-refractivity contribution is 7.19. The van der Waals surface area contributed by atoms with E-state index in [1.165, 1.54) is 4.88 Å². The first kappa shape index (κ1) is 17.7. The molecule has 26 heavy (non-hydrogen) atoms. The van der Waals surface area contributed by atoms with Gasteiger partial charge in [0.15, 0.2) is 11.9 Å². The molecule has 0 fully saturated rings. The summed E-state index contributed by atoms with van der Waals surface area (Å²) in [6.07, 6.45) is 2.36. The van der Waals surface area contributed by atoms with Crippen LogP contribution in [-0.2, 0) is 17.6 Å². The van der Waals surface area contributed by atoms with E-state index in [0.717, 1.165) is 41.0 Å². The lowest BCUT2D eigenvalue weighted by Crippen LogP contribution is -2.18. The van der Waals surface area contributed by atoms with Crippen LogP contribution in [0.5, 0.6) is 0 Å². The number of hydrogen-bond donors (Lipinski definition) is 1. The summed E-state index contributed by atoms with van der Waals surface area (Å²) in [4.78, 5) is 34.6. The maximum absolute atomic E-state index is 12.6. The number of aryl methyl sites for hydroxylation is 1. The second kappa shape index (κ2) is 6.79. The van der Waals surface area contributed by atoms with E-state index in [1.807, 2.05) is 0 Å². The minimum absolute atomic E-state index is 0.154. The van der Waals surface area contributed by atoms with Crippen molar-refractivity contribution in [1.29, 1.82) is 0 Å². The van der Waals surface area contributed by atoms with Crippen molar-refractivity contribution in [2.75, 3.05) is 0 Å². The van der Waals surface area contributed by atoms with Crippen LogP contribution < -0.4 is 5.56 Å². The summed E-state index contributed by atoms with van der Waals surface area (Å²) in [6.45, 7) is 3.93. The number of nitrogens with zero attached hydrogens (tertiary/aromatic N) is 1. The molecule has 3 heterocycles. The molecule has 3 aromatic heterocycles. The van der Waals surface area contributed by atoms with E-state index >= 15 is 0 Å². The average Bonchev–Trinajstić information content (AvgIpc) is 3.17. The number of hydrogen-bond acceptors (Lipinski definition) is 6. The van der Waals surface area contributed by atoms with Crippen molar-refractivity contribution < 1.29 is 9.53 Å². The number of fused-ring (bicyclic) bond motifs is 3. The van der Waals surface area contributed by atoms with Gasteiger partial charge in [-0.1, -0.05) is 18.5 Å². The highest BCUT2D eigenvalue weighted by Crippen LogP contribution is 2.36. The molecule has 136 valence electrons. The molecular weight excluding hydrogens is 392 g/mol. The molecule has 8 heteroatoms. The van der Waals surface area contributed by atoms with Gasteiger partial charge in [-0.2, -0.15) is 0 Å². The van der Waals surface area contributed by atoms with E-state index < -0.39 is 12.1 Å². The van der Waals surface area contributed by atoms with E-state index in [9.17, 15) is 9.59 Å². The van der Waals surface area contributed by atoms with Crippen LogP contribution in [0.1, 0.15) is 52.3 Å². The standard InChI is InChI=1S/C18H17ClN2O3S2/c1-8-3-4-10-12(7-8)26-17-14(10)16(22)20-15(21-17)9(2)24-18(23)11-5-6-13(19)25-11/h5-6,8-9H,3-4,7H2,1-2H3,(H,20,21,22)/t8-,9-/m0/s1. The van der Waals surface area contributed by atoms with Crippen molar-refractivity contribution in [3.8, 4) is 0 Å². The SMILES string of the molecule is C[C@H]1CCc2c(sc3nc([C@H](C)OC(=O)c4ccc(Cl)s4)[nH]c(=O)c23)C1. The van der Waals surface area contributed by atoms with Crippen LogP contribution in [0, 0.1) is 5.92 Å². The summed E-state index contributed by atoms with van der Waals surface area (Å²) in [5, 5.41) is 0.698. The Bertz CT molecular complexity index is 1050. The van der Waals surface area contributed by atoms with Gasteiger partial charge in [-0.3, -0.25) is 4.79 Å². The number of carbonyl (C=O) groups excluding carboxylic acids is 1. The molecule has 0 saturated heterocycles. The molecule has 1 aliphatic rings. The van der Waals surface area contributed by atoms with E-state index in [4.69, 9.17) is 16.3 Å². The number of rotatable bonds is 3. The molecule has 1 aliphatic carbocycles. The van der Waals surface area contributed by atoms with Gasteiger partial charge in [-0.25, -0.2) is 9.78 Å². The van der Waals surface area contributed by atoms with Crippen LogP contribution in [-0.4, -0.2) is 15.9 Å². The lowest BCUT2D eigenvalue weighted by molar-refractivity contribution is 0.0326. The maximum atomic E-state index is 12.6. The van der Waals surface area contributed by atoms with Gasteiger partial charge in [0.25, 0.3) is 5.56 Å². The van der Waals surface area contributed by atoms with Crippen molar-refractivity contribution in [2.45, 2.75) is 39.2 Å². The number of thiophene rings is 2. The Morgan fingerprint density at radius 3 is 2.96 bits per heavy atom. The lowest BCUT2D eigenvalue weighted by Gasteiger charge is -2.17. The second-order valence-electron chi connectivity index (χ2n) is 6.63. The van der Waals surface area contributed by atoms with E-state index in [1.54, 1.807) is 30.4 Å². The molecule has 0 radical (unpaired) electrons. The number of halogens is 1. The third kappa shape index (κ3) is 3.19. The summed E-state index contributed by atoms with van der Waals surface area (Å²) in [5.74, 6) is 0.521. The van der Waals surface area contributed by atoms with Crippen LogP contribution in [0.15, 0.2) is 16.9 Å². The monoisotopic (exact) mass is 408 g/mol. The second-order valence-corrected chi connectivity index (χ2v) is 9.43. The number of H-pyrrole nitrogens is 1. The summed E-state index contributed by atoms with van der Waals surface area (Å²) in [7, 11) is 0. The zero-order valence-corrected chi connectivity index (χ0v) is 16.7. The average molecular weight is 409 g/mol. The summed E-state index contributed by atoms with van der Waals surface area (Å²) in [5.41, 5.74) is 0.986. The highest BCUT2D eigenvalue weighted by atomic mass is 35.5. The van der Waals surface area contributed by atoms with Gasteiger partial charge in [0.1, 0.15) is 9.71 Å². The van der Waals surface area contributed by atoms with Crippen molar-refractivity contribution in [1.82, 2.24) is 9.97 Å². The first-order valence-corrected chi connectivity index (χ1v) is 10.4. The van der Waals surface area contributed by atoms with E-state index in [-0.39, 0.29) is 5.56 Å². The molecule has 0 bridgehead atoms. The summed E-state index contributed by atoms with van der Waals surface area (Å²) < 4.78 is 5.97. The minimum Gasteiger partial charge on any atom is -0.450 e. The van der Waals surface area contributed by atoms with Gasteiger partial charge >= 0.3 is 5.97 Å². The normalized spacial score (nSPS) is 17.9. The number of esters is 1. The fourth-order valence-electron chi connectivity index (χ4n) is 3.26. The van der Waals surface area contributed by atoms with E-state index in [0.29, 0.717) is 26.3 Å². The van der Waals surface area contributed by atoms with Crippen LogP contribution in [0.25, 0.3) is 10.2 Å². The summed E-state index contributed by atoms with van der Waals surface area (Å²) in [6, 6.07) is 3.27. The van der Waals surface area contributed by atoms with Crippen molar-refractivity contribution in [3.05, 3.63) is 48.0 Å². The Morgan fingerprint density at radius 2 is 2.23 bits per heavy atom. The number of aromatic amines is 1. The van der Waals surface area contributed by atoms with Gasteiger partial charge < -0.3 is 9.72 Å². The molecule has 0 unspecified atom stereocenters. The third-order valence-corrected chi connectivity index (χ3v) is 6.99. The molecule has 0 aromatic carbocycles. The zero-order chi connectivity index (χ0) is 18.4. The molecule has 2 atom stereocenters. The molecule has 0 spiro atoms. The van der Waals surface area contributed by atoms with Gasteiger partial charge in [-0.05, 0) is 49.8 Å². The Balaban J connectivity index is 1.64. The fourth-order valence-corrected chi connectivity index (χ4v) is 5.57. The predicted molar refractivity (Wildman–Crippen MR) is 105 cm³/mol. The van der Waals surface area contributed by atoms with Crippen LogP contribution in [0.2, 0.25) is 4.34 Å². The quantitative estimate of drug-likeness (QED) is 0.635. The number of ether oxygens (including phenoxy) is 1. The number of nitrogens with one attached hydrogen (secondary N) is 1. The molecular formula is C18H17ClN2O3S2. The zero-order valence-electron chi connectivity index (χ0n) is 14.3. The molecule has 3 aromatic rings. The van der Waals surface area contributed by atoms with Crippen LogP contribution in [0.4, 0.5) is 0 Å². The van der Waals surface area contributed by atoms with E-state index in [2.05, 4.69) is 16.9 Å². The van der Waals surface area contributed by atoms with Crippen molar-refractivity contribution in [3.63, 3.8) is 0 Å². The lowest BCUT2D eigenvalue weighted by atomic mass is 9.89. The molecule has 5 nitrogen and oxygen atoms in total. The number of aromatic nitrogens is 2. The van der Waals surface area contributed by atoms with Gasteiger partial charge in [0, 0.05) is 4.88 Å². The maximum Gasteiger partial charge on any atom is 0.349 e.